The Balaban J connectivity index is 1.63. The number of sulfonamides is 1. The number of benzene rings is 1. The molecule has 1 amide bonds. The van der Waals surface area contributed by atoms with Crippen LogP contribution in [0.5, 0.6) is 0 Å². The number of halogens is 2. The minimum Gasteiger partial charge on any atom is -0.364 e. The average molecular weight is 389 g/mol. The van der Waals surface area contributed by atoms with Gasteiger partial charge in [-0.15, -0.1) is 0 Å². The highest BCUT2D eigenvalue weighted by molar-refractivity contribution is 7.89. The summed E-state index contributed by atoms with van der Waals surface area (Å²) in [6, 6.07) is 2.36. The van der Waals surface area contributed by atoms with Crippen LogP contribution in [0.4, 0.5) is 8.78 Å². The number of nitrogens with two attached hydrogens (primary N) is 1. The number of rotatable bonds is 4. The van der Waals surface area contributed by atoms with Crippen LogP contribution >= 0.6 is 0 Å². The first-order valence-electron chi connectivity index (χ1n) is 8.42. The molecule has 1 aromatic carbocycles. The number of carbonyl (C=O) groups excluding carboxylic acids is 1. The molecule has 0 spiro atoms. The smallest absolute Gasteiger partial charge is 0.251 e. The van der Waals surface area contributed by atoms with E-state index in [1.54, 1.807) is 4.90 Å². The lowest BCUT2D eigenvalue weighted by Crippen LogP contribution is -2.52. The number of nitrogens with zero attached hydrogens (tertiary/aromatic N) is 2. The molecule has 2 fully saturated rings. The predicted octanol–water partition coefficient (Wildman–Crippen LogP) is 0.304. The summed E-state index contributed by atoms with van der Waals surface area (Å²) in [5.74, 6) is -2.15. The topological polar surface area (TPSA) is 92.9 Å². The van der Waals surface area contributed by atoms with E-state index in [0.29, 0.717) is 19.0 Å². The van der Waals surface area contributed by atoms with Gasteiger partial charge in [-0.25, -0.2) is 17.2 Å². The molecular formula is C16H21F2N3O4S. The summed E-state index contributed by atoms with van der Waals surface area (Å²) in [4.78, 5) is 13.5. The molecule has 0 saturated carbocycles. The van der Waals surface area contributed by atoms with Gasteiger partial charge in [0.05, 0.1) is 6.10 Å². The van der Waals surface area contributed by atoms with E-state index in [4.69, 9.17) is 10.5 Å². The highest BCUT2D eigenvalue weighted by Crippen LogP contribution is 2.24. The number of carbonyl (C=O) groups is 1. The van der Waals surface area contributed by atoms with Gasteiger partial charge in [0.1, 0.15) is 22.6 Å². The Bertz CT molecular complexity index is 782. The summed E-state index contributed by atoms with van der Waals surface area (Å²) < 4.78 is 58.6. The molecule has 2 saturated heterocycles. The van der Waals surface area contributed by atoms with E-state index in [1.165, 1.54) is 0 Å². The molecule has 2 atom stereocenters. The van der Waals surface area contributed by atoms with Gasteiger partial charge in [-0.3, -0.25) is 4.79 Å². The second kappa shape index (κ2) is 7.55. The van der Waals surface area contributed by atoms with Gasteiger partial charge >= 0.3 is 0 Å². The molecule has 2 aliphatic rings. The Labute approximate surface area is 150 Å². The average Bonchev–Trinajstić information content (AvgIpc) is 3.10. The molecule has 1 aromatic rings. The molecule has 2 heterocycles. The van der Waals surface area contributed by atoms with Crippen LogP contribution in [0.1, 0.15) is 12.8 Å². The minimum absolute atomic E-state index is 0.0396. The third-order valence-corrected chi connectivity index (χ3v) is 6.64. The fourth-order valence-corrected chi connectivity index (χ4v) is 4.70. The Morgan fingerprint density at radius 2 is 1.88 bits per heavy atom. The van der Waals surface area contributed by atoms with E-state index in [9.17, 15) is 22.0 Å². The quantitative estimate of drug-likeness (QED) is 0.800. The highest BCUT2D eigenvalue weighted by atomic mass is 32.2. The summed E-state index contributed by atoms with van der Waals surface area (Å²) in [7, 11) is -4.08. The van der Waals surface area contributed by atoms with Gasteiger partial charge in [-0.05, 0) is 25.0 Å². The van der Waals surface area contributed by atoms with E-state index in [-0.39, 0.29) is 38.2 Å². The zero-order valence-electron chi connectivity index (χ0n) is 14.1. The standard InChI is InChI=1S/C16H21F2N3O4S/c17-11-1-4-15(13(18)9-11)26(23,24)21-7-5-20(6-8-21)16(22)14-3-2-12(10-19)25-14/h1,4,9,12,14H,2-3,5-8,10,19H2/t12-,14+/m1/s1. The molecule has 144 valence electrons. The van der Waals surface area contributed by atoms with Gasteiger partial charge < -0.3 is 15.4 Å². The summed E-state index contributed by atoms with van der Waals surface area (Å²) in [6.07, 6.45) is 0.666. The lowest BCUT2D eigenvalue weighted by atomic mass is 10.1. The van der Waals surface area contributed by atoms with Gasteiger partial charge in [-0.1, -0.05) is 0 Å². The van der Waals surface area contributed by atoms with Gasteiger partial charge in [0.15, 0.2) is 0 Å². The number of piperazine rings is 1. The molecular weight excluding hydrogens is 368 g/mol. The van der Waals surface area contributed by atoms with Crippen LogP contribution < -0.4 is 5.73 Å². The second-order valence-corrected chi connectivity index (χ2v) is 8.27. The third-order valence-electron chi connectivity index (χ3n) is 4.71. The first kappa shape index (κ1) is 19.2. The third kappa shape index (κ3) is 3.73. The molecule has 2 aliphatic heterocycles. The van der Waals surface area contributed by atoms with Gasteiger partial charge in [0.2, 0.25) is 10.0 Å². The zero-order valence-corrected chi connectivity index (χ0v) is 14.9. The molecule has 10 heteroatoms. The number of hydrogen-bond donors (Lipinski definition) is 1. The van der Waals surface area contributed by atoms with Crippen molar-refractivity contribution in [2.75, 3.05) is 32.7 Å². The van der Waals surface area contributed by atoms with Gasteiger partial charge in [0.25, 0.3) is 5.91 Å². The van der Waals surface area contributed by atoms with E-state index in [0.717, 1.165) is 22.9 Å². The molecule has 26 heavy (non-hydrogen) atoms. The number of amides is 1. The van der Waals surface area contributed by atoms with Crippen LogP contribution in [0.3, 0.4) is 0 Å². The van der Waals surface area contributed by atoms with Crippen molar-refractivity contribution in [2.45, 2.75) is 29.9 Å². The lowest BCUT2D eigenvalue weighted by molar-refractivity contribution is -0.143. The first-order chi connectivity index (χ1) is 12.3. The number of hydrogen-bond acceptors (Lipinski definition) is 5. The Morgan fingerprint density at radius 1 is 1.19 bits per heavy atom. The van der Waals surface area contributed by atoms with Crippen LogP contribution in [-0.2, 0) is 19.6 Å². The fourth-order valence-electron chi connectivity index (χ4n) is 3.24. The van der Waals surface area contributed by atoms with Crippen molar-refractivity contribution in [3.8, 4) is 0 Å². The Hall–Kier alpha value is -1.62. The summed E-state index contributed by atoms with van der Waals surface area (Å²) >= 11 is 0. The SMILES string of the molecule is NC[C@H]1CC[C@@H](C(=O)N2CCN(S(=O)(=O)c3ccc(F)cc3F)CC2)O1. The molecule has 0 aromatic heterocycles. The van der Waals surface area contributed by atoms with Gasteiger partial charge in [-0.2, -0.15) is 4.31 Å². The van der Waals surface area contributed by atoms with E-state index in [1.807, 2.05) is 0 Å². The van der Waals surface area contributed by atoms with Crippen molar-refractivity contribution in [3.63, 3.8) is 0 Å². The van der Waals surface area contributed by atoms with Crippen LogP contribution in [0.25, 0.3) is 0 Å². The maximum atomic E-state index is 13.8. The van der Waals surface area contributed by atoms with Crippen molar-refractivity contribution >= 4 is 15.9 Å². The summed E-state index contributed by atoms with van der Waals surface area (Å²) in [6.45, 7) is 0.816. The van der Waals surface area contributed by atoms with Crippen LogP contribution in [-0.4, -0.2) is 68.5 Å². The van der Waals surface area contributed by atoms with Crippen molar-refractivity contribution in [2.24, 2.45) is 5.73 Å². The zero-order chi connectivity index (χ0) is 18.9. The van der Waals surface area contributed by atoms with Crippen LogP contribution in [0.2, 0.25) is 0 Å². The Kier molecular flexibility index (Phi) is 5.56. The second-order valence-electron chi connectivity index (χ2n) is 6.36. The van der Waals surface area contributed by atoms with Crippen molar-refractivity contribution in [1.29, 1.82) is 0 Å². The Morgan fingerprint density at radius 3 is 2.46 bits per heavy atom. The molecule has 0 aliphatic carbocycles. The van der Waals surface area contributed by atoms with Gasteiger partial charge in [0, 0.05) is 38.8 Å². The van der Waals surface area contributed by atoms with E-state index >= 15 is 0 Å². The number of ether oxygens (including phenoxy) is 1. The van der Waals surface area contributed by atoms with Crippen LogP contribution in [0, 0.1) is 11.6 Å². The van der Waals surface area contributed by atoms with Crippen molar-refractivity contribution in [1.82, 2.24) is 9.21 Å². The molecule has 0 bridgehead atoms. The first-order valence-corrected chi connectivity index (χ1v) is 9.86. The maximum absolute atomic E-state index is 13.8. The fraction of sp³-hybridized carbons (Fsp3) is 0.562. The molecule has 7 nitrogen and oxygen atoms in total. The monoisotopic (exact) mass is 389 g/mol. The van der Waals surface area contributed by atoms with Crippen molar-refractivity contribution < 1.29 is 26.7 Å². The molecule has 0 radical (unpaired) electrons. The maximum Gasteiger partial charge on any atom is 0.251 e. The molecule has 0 unspecified atom stereocenters. The summed E-state index contributed by atoms with van der Waals surface area (Å²) in [5, 5.41) is 0. The lowest BCUT2D eigenvalue weighted by Gasteiger charge is -2.35. The van der Waals surface area contributed by atoms with Crippen LogP contribution in [0.15, 0.2) is 23.1 Å². The largest absolute Gasteiger partial charge is 0.364 e. The highest BCUT2D eigenvalue weighted by Gasteiger charge is 2.36. The normalized spacial score (nSPS) is 24.8. The van der Waals surface area contributed by atoms with E-state index in [2.05, 4.69) is 0 Å². The van der Waals surface area contributed by atoms with Crippen molar-refractivity contribution in [3.05, 3.63) is 29.8 Å². The molecule has 2 N–H and O–H groups in total. The minimum atomic E-state index is -4.08. The predicted molar refractivity (Wildman–Crippen MR) is 88.6 cm³/mol. The van der Waals surface area contributed by atoms with E-state index < -0.39 is 32.7 Å². The summed E-state index contributed by atoms with van der Waals surface area (Å²) in [5.41, 5.74) is 5.54. The molecule has 3 rings (SSSR count).